The van der Waals surface area contributed by atoms with Crippen molar-refractivity contribution in [2.75, 3.05) is 18.6 Å². The maximum absolute atomic E-state index is 11.8. The smallest absolute Gasteiger partial charge is 0.160 e. The number of ether oxygens (including phenoxy) is 1. The van der Waals surface area contributed by atoms with Crippen LogP contribution >= 0.6 is 23.1 Å². The van der Waals surface area contributed by atoms with E-state index in [1.807, 2.05) is 42.5 Å². The van der Waals surface area contributed by atoms with Crippen LogP contribution in [0.15, 0.2) is 64.0 Å². The van der Waals surface area contributed by atoms with E-state index < -0.39 is 0 Å². The summed E-state index contributed by atoms with van der Waals surface area (Å²) in [6.07, 6.45) is 0.905. The van der Waals surface area contributed by atoms with Crippen molar-refractivity contribution in [2.45, 2.75) is 16.5 Å². The SMILES string of the molecule is COc1ccc(N2C/C(=N\O)c3c(SCc4ccccc4)sc(C=O)c3C2)cc1. The van der Waals surface area contributed by atoms with Gasteiger partial charge in [0.05, 0.1) is 22.7 Å². The lowest BCUT2D eigenvalue weighted by Gasteiger charge is -2.30. The second kappa shape index (κ2) is 8.71. The maximum atomic E-state index is 11.8. The van der Waals surface area contributed by atoms with Gasteiger partial charge in [0.25, 0.3) is 0 Å². The Morgan fingerprint density at radius 3 is 2.59 bits per heavy atom. The number of fused-ring (bicyclic) bond motifs is 1. The number of hydrogen-bond donors (Lipinski definition) is 1. The summed E-state index contributed by atoms with van der Waals surface area (Å²) in [5.41, 5.74) is 4.62. The summed E-state index contributed by atoms with van der Waals surface area (Å²) in [5, 5.41) is 13.3. The summed E-state index contributed by atoms with van der Waals surface area (Å²) in [5.74, 6) is 1.58. The maximum Gasteiger partial charge on any atom is 0.160 e. The molecule has 0 unspecified atom stereocenters. The van der Waals surface area contributed by atoms with Crippen LogP contribution in [-0.2, 0) is 12.3 Å². The van der Waals surface area contributed by atoms with Crippen LogP contribution in [0, 0.1) is 0 Å². The molecule has 2 heterocycles. The Morgan fingerprint density at radius 2 is 1.93 bits per heavy atom. The Balaban J connectivity index is 1.65. The topological polar surface area (TPSA) is 62.1 Å². The summed E-state index contributed by atoms with van der Waals surface area (Å²) in [4.78, 5) is 14.5. The van der Waals surface area contributed by atoms with Crippen LogP contribution in [0.4, 0.5) is 5.69 Å². The molecule has 5 nitrogen and oxygen atoms in total. The summed E-state index contributed by atoms with van der Waals surface area (Å²) >= 11 is 3.15. The van der Waals surface area contributed by atoms with Crippen LogP contribution in [0.5, 0.6) is 5.75 Å². The molecule has 0 fully saturated rings. The highest BCUT2D eigenvalue weighted by Gasteiger charge is 2.30. The molecule has 3 aromatic rings. The molecule has 0 spiro atoms. The molecule has 1 N–H and O–H groups in total. The number of thioether (sulfide) groups is 1. The molecule has 0 bridgehead atoms. The summed E-state index contributed by atoms with van der Waals surface area (Å²) < 4.78 is 6.25. The number of oxime groups is 1. The first-order valence-corrected chi connectivity index (χ1v) is 10.9. The van der Waals surface area contributed by atoms with Gasteiger partial charge >= 0.3 is 0 Å². The highest BCUT2D eigenvalue weighted by Crippen LogP contribution is 2.41. The zero-order valence-corrected chi connectivity index (χ0v) is 17.5. The van der Waals surface area contributed by atoms with Gasteiger partial charge in [0.15, 0.2) is 6.29 Å². The Morgan fingerprint density at radius 1 is 1.17 bits per heavy atom. The number of benzene rings is 2. The molecular formula is C22H20N2O3S2. The number of aldehydes is 1. The minimum absolute atomic E-state index is 0.476. The molecular weight excluding hydrogens is 404 g/mol. The van der Waals surface area contributed by atoms with E-state index in [0.29, 0.717) is 23.7 Å². The van der Waals surface area contributed by atoms with Gasteiger partial charge in [-0.2, -0.15) is 0 Å². The second-order valence-corrected chi connectivity index (χ2v) is 8.90. The lowest BCUT2D eigenvalue weighted by molar-refractivity contribution is 0.112. The van der Waals surface area contributed by atoms with E-state index in [-0.39, 0.29) is 0 Å². The fraction of sp³-hybridized carbons (Fsp3) is 0.182. The van der Waals surface area contributed by atoms with Crippen LogP contribution < -0.4 is 9.64 Å². The van der Waals surface area contributed by atoms with E-state index in [4.69, 9.17) is 4.74 Å². The second-order valence-electron chi connectivity index (χ2n) is 6.60. The van der Waals surface area contributed by atoms with Gasteiger partial charge < -0.3 is 14.8 Å². The number of nitrogens with zero attached hydrogens (tertiary/aromatic N) is 2. The monoisotopic (exact) mass is 424 g/mol. The van der Waals surface area contributed by atoms with Crippen molar-refractivity contribution in [3.05, 3.63) is 76.2 Å². The minimum atomic E-state index is 0.476. The van der Waals surface area contributed by atoms with Gasteiger partial charge in [-0.15, -0.1) is 23.1 Å². The summed E-state index contributed by atoms with van der Waals surface area (Å²) in [6.45, 7) is 1.07. The Hall–Kier alpha value is -2.77. The molecule has 4 rings (SSSR count). The number of rotatable bonds is 6. The van der Waals surface area contributed by atoms with E-state index in [1.165, 1.54) is 16.9 Å². The molecule has 1 aliphatic heterocycles. The average Bonchev–Trinajstić information content (AvgIpc) is 3.15. The van der Waals surface area contributed by atoms with E-state index in [0.717, 1.165) is 38.8 Å². The predicted octanol–water partition coefficient (Wildman–Crippen LogP) is 5.06. The van der Waals surface area contributed by atoms with Crippen LogP contribution in [0.25, 0.3) is 0 Å². The van der Waals surface area contributed by atoms with E-state index in [2.05, 4.69) is 22.2 Å². The van der Waals surface area contributed by atoms with Crippen molar-refractivity contribution in [2.24, 2.45) is 5.16 Å². The van der Waals surface area contributed by atoms with E-state index >= 15 is 0 Å². The lowest BCUT2D eigenvalue weighted by Crippen LogP contribution is -2.35. The fourth-order valence-corrected chi connectivity index (χ4v) is 5.83. The third-order valence-corrected chi connectivity index (χ3v) is 7.36. The molecule has 0 aliphatic carbocycles. The van der Waals surface area contributed by atoms with Gasteiger partial charge in [-0.3, -0.25) is 4.79 Å². The summed E-state index contributed by atoms with van der Waals surface area (Å²) in [6, 6.07) is 17.9. The van der Waals surface area contributed by atoms with Gasteiger partial charge in [0.1, 0.15) is 11.5 Å². The average molecular weight is 425 g/mol. The van der Waals surface area contributed by atoms with Crippen molar-refractivity contribution in [1.82, 2.24) is 0 Å². The number of thiophene rings is 1. The largest absolute Gasteiger partial charge is 0.497 e. The first kappa shape index (κ1) is 19.5. The molecule has 2 aromatic carbocycles. The van der Waals surface area contributed by atoms with Crippen molar-refractivity contribution in [3.8, 4) is 5.75 Å². The standard InChI is InChI=1S/C22H20N2O3S2/c1-27-17-9-7-16(8-10-17)24-11-18-20(13-25)29-22(21(18)19(12-24)23-26)28-14-15-5-3-2-4-6-15/h2-10,13,26H,11-12,14H2,1H3/b23-19+. The van der Waals surface area contributed by atoms with Crippen LogP contribution in [-0.4, -0.2) is 30.9 Å². The van der Waals surface area contributed by atoms with Crippen LogP contribution in [0.1, 0.15) is 26.4 Å². The molecule has 1 aliphatic rings. The van der Waals surface area contributed by atoms with E-state index in [9.17, 15) is 10.0 Å². The van der Waals surface area contributed by atoms with Gasteiger partial charge in [-0.25, -0.2) is 0 Å². The van der Waals surface area contributed by atoms with Crippen molar-refractivity contribution >= 4 is 40.8 Å². The van der Waals surface area contributed by atoms with Crippen molar-refractivity contribution < 1.29 is 14.7 Å². The first-order chi connectivity index (χ1) is 14.2. The van der Waals surface area contributed by atoms with Gasteiger partial charge in [0.2, 0.25) is 0 Å². The zero-order chi connectivity index (χ0) is 20.2. The Bertz CT molecular complexity index is 1030. The quantitative estimate of drug-likeness (QED) is 0.259. The molecule has 0 saturated carbocycles. The van der Waals surface area contributed by atoms with E-state index in [1.54, 1.807) is 18.9 Å². The minimum Gasteiger partial charge on any atom is -0.497 e. The van der Waals surface area contributed by atoms with Crippen LogP contribution in [0.3, 0.4) is 0 Å². The number of carbonyl (C=O) groups is 1. The molecule has 0 atom stereocenters. The third kappa shape index (κ3) is 4.02. The fourth-order valence-electron chi connectivity index (χ4n) is 3.39. The Labute approximate surface area is 177 Å². The first-order valence-electron chi connectivity index (χ1n) is 9.11. The normalized spacial score (nSPS) is 14.7. The zero-order valence-electron chi connectivity index (χ0n) is 15.9. The number of anilines is 1. The van der Waals surface area contributed by atoms with Gasteiger partial charge in [-0.1, -0.05) is 35.5 Å². The molecule has 0 radical (unpaired) electrons. The lowest BCUT2D eigenvalue weighted by atomic mass is 10.0. The number of hydrogen-bond acceptors (Lipinski definition) is 7. The van der Waals surface area contributed by atoms with Crippen molar-refractivity contribution in [3.63, 3.8) is 0 Å². The number of methoxy groups -OCH3 is 1. The van der Waals surface area contributed by atoms with Crippen molar-refractivity contribution in [1.29, 1.82) is 0 Å². The molecule has 1 aromatic heterocycles. The van der Waals surface area contributed by atoms with Gasteiger partial charge in [0, 0.05) is 29.1 Å². The van der Waals surface area contributed by atoms with Crippen LogP contribution in [0.2, 0.25) is 0 Å². The molecule has 0 amide bonds. The summed E-state index contributed by atoms with van der Waals surface area (Å²) in [7, 11) is 1.63. The highest BCUT2D eigenvalue weighted by molar-refractivity contribution is 8.00. The highest BCUT2D eigenvalue weighted by atomic mass is 32.2. The molecule has 0 saturated heterocycles. The molecule has 148 valence electrons. The number of carbonyl (C=O) groups excluding carboxylic acids is 1. The Kier molecular flexibility index (Phi) is 5.87. The van der Waals surface area contributed by atoms with Gasteiger partial charge in [-0.05, 0) is 29.8 Å². The molecule has 7 heteroatoms. The predicted molar refractivity (Wildman–Crippen MR) is 118 cm³/mol. The third-order valence-electron chi connectivity index (χ3n) is 4.86. The molecule has 29 heavy (non-hydrogen) atoms.